The van der Waals surface area contributed by atoms with E-state index in [1.807, 2.05) is 24.3 Å². The highest BCUT2D eigenvalue weighted by molar-refractivity contribution is 5.92. The second kappa shape index (κ2) is 5.10. The number of fused-ring (bicyclic) bond motifs is 1. The zero-order chi connectivity index (χ0) is 13.1. The number of amides is 2. The van der Waals surface area contributed by atoms with Crippen LogP contribution >= 0.6 is 0 Å². The van der Waals surface area contributed by atoms with Gasteiger partial charge >= 0.3 is 6.03 Å². The van der Waals surface area contributed by atoms with Crippen LogP contribution in [0.3, 0.4) is 0 Å². The summed E-state index contributed by atoms with van der Waals surface area (Å²) >= 11 is 0. The molecule has 0 radical (unpaired) electrons. The summed E-state index contributed by atoms with van der Waals surface area (Å²) in [5.41, 5.74) is 6.98. The maximum absolute atomic E-state index is 10.8. The summed E-state index contributed by atoms with van der Waals surface area (Å²) in [5, 5.41) is 3.67. The number of nitrogens with two attached hydrogens (primary N) is 1. The largest absolute Gasteiger partial charge is 0.351 e. The van der Waals surface area contributed by atoms with E-state index in [-0.39, 0.29) is 0 Å². The lowest BCUT2D eigenvalue weighted by molar-refractivity contribution is 0.259. The first kappa shape index (κ1) is 12.4. The normalized spacial score (nSPS) is 11.1. The Balaban J connectivity index is 2.23. The molecule has 0 aliphatic rings. The van der Waals surface area contributed by atoms with E-state index in [1.54, 1.807) is 0 Å². The van der Waals surface area contributed by atoms with Crippen LogP contribution in [0.5, 0.6) is 0 Å². The van der Waals surface area contributed by atoms with Crippen LogP contribution in [0.1, 0.15) is 0 Å². The predicted octanol–water partition coefficient (Wildman–Crippen LogP) is 1.69. The van der Waals surface area contributed by atoms with Gasteiger partial charge in [-0.15, -0.1) is 0 Å². The Labute approximate surface area is 106 Å². The van der Waals surface area contributed by atoms with Gasteiger partial charge in [0.05, 0.1) is 0 Å². The highest BCUT2D eigenvalue weighted by Crippen LogP contribution is 2.20. The summed E-state index contributed by atoms with van der Waals surface area (Å²) in [6, 6.07) is 7.28. The van der Waals surface area contributed by atoms with Crippen LogP contribution in [0.15, 0.2) is 30.5 Å². The number of aromatic nitrogens is 1. The van der Waals surface area contributed by atoms with Crippen LogP contribution in [0.25, 0.3) is 10.9 Å². The minimum atomic E-state index is -0.540. The molecule has 0 saturated heterocycles. The molecule has 0 spiro atoms. The van der Waals surface area contributed by atoms with Crippen molar-refractivity contribution in [2.45, 2.75) is 6.54 Å². The standard InChI is InChI=1S/C13H18N4O/c1-16(2)7-8-17-6-5-10-9-11(15-13(14)18)3-4-12(10)17/h3-6,9H,7-8H2,1-2H3,(H3,14,15,18). The molecule has 0 atom stereocenters. The lowest BCUT2D eigenvalue weighted by Gasteiger charge is -2.11. The van der Waals surface area contributed by atoms with Gasteiger partial charge in [0.15, 0.2) is 0 Å². The highest BCUT2D eigenvalue weighted by atomic mass is 16.2. The lowest BCUT2D eigenvalue weighted by Crippen LogP contribution is -2.19. The van der Waals surface area contributed by atoms with E-state index in [9.17, 15) is 4.79 Å². The van der Waals surface area contributed by atoms with Crippen molar-refractivity contribution in [2.24, 2.45) is 5.73 Å². The number of hydrogen-bond acceptors (Lipinski definition) is 2. The van der Waals surface area contributed by atoms with Gasteiger partial charge < -0.3 is 20.5 Å². The second-order valence-corrected chi connectivity index (χ2v) is 4.58. The fourth-order valence-electron chi connectivity index (χ4n) is 1.92. The van der Waals surface area contributed by atoms with Crippen LogP contribution in [-0.4, -0.2) is 36.1 Å². The van der Waals surface area contributed by atoms with E-state index in [4.69, 9.17) is 5.73 Å². The first-order chi connectivity index (χ1) is 8.56. The molecule has 0 bridgehead atoms. The number of likely N-dealkylation sites (N-methyl/N-ethyl adjacent to an activating group) is 1. The number of primary amides is 1. The maximum atomic E-state index is 10.8. The second-order valence-electron chi connectivity index (χ2n) is 4.58. The maximum Gasteiger partial charge on any atom is 0.316 e. The smallest absolute Gasteiger partial charge is 0.316 e. The van der Waals surface area contributed by atoms with Gasteiger partial charge in [0, 0.05) is 35.9 Å². The lowest BCUT2D eigenvalue weighted by atomic mass is 10.2. The molecule has 96 valence electrons. The summed E-state index contributed by atoms with van der Waals surface area (Å²) < 4.78 is 2.20. The Morgan fingerprint density at radius 3 is 2.83 bits per heavy atom. The minimum Gasteiger partial charge on any atom is -0.351 e. The summed E-state index contributed by atoms with van der Waals surface area (Å²) in [4.78, 5) is 12.9. The van der Waals surface area contributed by atoms with Crippen LogP contribution in [-0.2, 0) is 6.54 Å². The number of anilines is 1. The molecule has 3 N–H and O–H groups in total. The molecule has 5 nitrogen and oxygen atoms in total. The van der Waals surface area contributed by atoms with E-state index in [0.29, 0.717) is 0 Å². The third-order valence-corrected chi connectivity index (χ3v) is 2.83. The fraction of sp³-hybridized carbons (Fsp3) is 0.308. The van der Waals surface area contributed by atoms with Crippen molar-refractivity contribution in [3.05, 3.63) is 30.5 Å². The van der Waals surface area contributed by atoms with Crippen LogP contribution in [0.4, 0.5) is 10.5 Å². The van der Waals surface area contributed by atoms with E-state index < -0.39 is 6.03 Å². The molecule has 0 unspecified atom stereocenters. The molecule has 18 heavy (non-hydrogen) atoms. The van der Waals surface area contributed by atoms with Crippen molar-refractivity contribution in [3.8, 4) is 0 Å². The van der Waals surface area contributed by atoms with Gasteiger partial charge in [0.1, 0.15) is 0 Å². The topological polar surface area (TPSA) is 63.3 Å². The van der Waals surface area contributed by atoms with E-state index in [0.717, 1.165) is 29.7 Å². The summed E-state index contributed by atoms with van der Waals surface area (Å²) in [6.45, 7) is 1.93. The van der Waals surface area contributed by atoms with Crippen molar-refractivity contribution >= 4 is 22.6 Å². The minimum absolute atomic E-state index is 0.540. The number of nitrogens with one attached hydrogen (secondary N) is 1. The van der Waals surface area contributed by atoms with Gasteiger partial charge in [-0.1, -0.05) is 0 Å². The van der Waals surface area contributed by atoms with Crippen LogP contribution in [0.2, 0.25) is 0 Å². The number of urea groups is 1. The van der Waals surface area contributed by atoms with Gasteiger partial charge in [-0.2, -0.15) is 0 Å². The number of rotatable bonds is 4. The zero-order valence-electron chi connectivity index (χ0n) is 10.7. The van der Waals surface area contributed by atoms with E-state index >= 15 is 0 Å². The van der Waals surface area contributed by atoms with Crippen molar-refractivity contribution in [2.75, 3.05) is 26.0 Å². The number of benzene rings is 1. The Hall–Kier alpha value is -2.01. The van der Waals surface area contributed by atoms with Crippen LogP contribution < -0.4 is 11.1 Å². The molecule has 5 heteroatoms. The van der Waals surface area contributed by atoms with E-state index in [1.165, 1.54) is 0 Å². The Morgan fingerprint density at radius 2 is 2.17 bits per heavy atom. The van der Waals surface area contributed by atoms with Gasteiger partial charge in [-0.05, 0) is 38.4 Å². The first-order valence-corrected chi connectivity index (χ1v) is 5.86. The van der Waals surface area contributed by atoms with Crippen molar-refractivity contribution in [1.82, 2.24) is 9.47 Å². The fourth-order valence-corrected chi connectivity index (χ4v) is 1.92. The third kappa shape index (κ3) is 2.81. The average molecular weight is 246 g/mol. The molecule has 1 aromatic carbocycles. The molecule has 2 rings (SSSR count). The molecule has 2 amide bonds. The van der Waals surface area contributed by atoms with Gasteiger partial charge in [-0.25, -0.2) is 4.79 Å². The number of carbonyl (C=O) groups excluding carboxylic acids is 1. The van der Waals surface area contributed by atoms with Gasteiger partial charge in [0.25, 0.3) is 0 Å². The SMILES string of the molecule is CN(C)CCn1ccc2cc(NC(N)=O)ccc21. The average Bonchev–Trinajstić information content (AvgIpc) is 2.68. The monoisotopic (exact) mass is 246 g/mol. The van der Waals surface area contributed by atoms with E-state index in [2.05, 4.69) is 35.1 Å². The summed E-state index contributed by atoms with van der Waals surface area (Å²) in [5.74, 6) is 0. The highest BCUT2D eigenvalue weighted by Gasteiger charge is 2.03. The number of hydrogen-bond donors (Lipinski definition) is 2. The summed E-state index contributed by atoms with van der Waals surface area (Å²) in [6.07, 6.45) is 2.06. The van der Waals surface area contributed by atoms with Gasteiger partial charge in [-0.3, -0.25) is 0 Å². The molecule has 0 aliphatic carbocycles. The Kier molecular flexibility index (Phi) is 3.53. The van der Waals surface area contributed by atoms with Gasteiger partial charge in [0.2, 0.25) is 0 Å². The molecular formula is C13H18N4O. The van der Waals surface area contributed by atoms with Crippen molar-refractivity contribution in [1.29, 1.82) is 0 Å². The molecule has 1 aromatic heterocycles. The third-order valence-electron chi connectivity index (χ3n) is 2.83. The molecule has 0 fully saturated rings. The first-order valence-electron chi connectivity index (χ1n) is 5.86. The zero-order valence-corrected chi connectivity index (χ0v) is 10.7. The molecule has 1 heterocycles. The number of nitrogens with zero attached hydrogens (tertiary/aromatic N) is 2. The van der Waals surface area contributed by atoms with Crippen molar-refractivity contribution in [3.63, 3.8) is 0 Å². The number of carbonyl (C=O) groups is 1. The Morgan fingerprint density at radius 1 is 1.39 bits per heavy atom. The molecule has 2 aromatic rings. The van der Waals surface area contributed by atoms with Crippen LogP contribution in [0, 0.1) is 0 Å². The summed E-state index contributed by atoms with van der Waals surface area (Å²) in [7, 11) is 4.11. The molecule has 0 saturated carbocycles. The predicted molar refractivity (Wildman–Crippen MR) is 73.7 cm³/mol. The quantitative estimate of drug-likeness (QED) is 0.862. The molecule has 0 aliphatic heterocycles. The Bertz CT molecular complexity index is 559. The van der Waals surface area contributed by atoms with Crippen molar-refractivity contribution < 1.29 is 4.79 Å². The molecular weight excluding hydrogens is 228 g/mol.